The minimum absolute atomic E-state index is 0.435. The van der Waals surface area contributed by atoms with Crippen LogP contribution in [0.5, 0.6) is 0 Å². The van der Waals surface area contributed by atoms with Gasteiger partial charge in [-0.3, -0.25) is 0 Å². The Morgan fingerprint density at radius 3 is 2.00 bits per heavy atom. The highest BCUT2D eigenvalue weighted by molar-refractivity contribution is 8.00. The fourth-order valence-electron chi connectivity index (χ4n) is 0.975. The Morgan fingerprint density at radius 2 is 1.71 bits per heavy atom. The molecule has 0 saturated carbocycles. The monoisotopic (exact) mass is 229 g/mol. The number of hydrogen-bond donors (Lipinski definition) is 1. The highest BCUT2D eigenvalue weighted by Gasteiger charge is 2.42. The molecule has 0 aliphatic heterocycles. The molecule has 5 heteroatoms. The smallest absolute Gasteiger partial charge is 0.327 e. The number of rotatable bonds is 5. The summed E-state index contributed by atoms with van der Waals surface area (Å²) < 4.78 is 37.2. The van der Waals surface area contributed by atoms with E-state index in [-0.39, 0.29) is 0 Å². The van der Waals surface area contributed by atoms with Gasteiger partial charge in [-0.25, -0.2) is 0 Å². The van der Waals surface area contributed by atoms with Gasteiger partial charge in [0.05, 0.1) is 0 Å². The van der Waals surface area contributed by atoms with Crippen LogP contribution in [0.3, 0.4) is 0 Å². The summed E-state index contributed by atoms with van der Waals surface area (Å²) in [6.07, 6.45) is -3.39. The van der Waals surface area contributed by atoms with Crippen LogP contribution in [-0.4, -0.2) is 23.2 Å². The van der Waals surface area contributed by atoms with E-state index in [1.54, 1.807) is 0 Å². The van der Waals surface area contributed by atoms with E-state index >= 15 is 0 Å². The molecule has 0 amide bonds. The average Bonchev–Trinajstić information content (AvgIpc) is 1.94. The second-order valence-corrected chi connectivity index (χ2v) is 5.12. The predicted octanol–water partition coefficient (Wildman–Crippen LogP) is 3.04. The number of thioether (sulfide) groups is 1. The molecule has 0 aliphatic rings. The summed E-state index contributed by atoms with van der Waals surface area (Å²) in [6.45, 7) is 5.39. The lowest BCUT2D eigenvalue weighted by Crippen LogP contribution is -2.41. The lowest BCUT2D eigenvalue weighted by molar-refractivity contribution is -0.131. The SMILES string of the molecule is CC(C)CCSC(C(C)N)C(F)(F)F. The largest absolute Gasteiger partial charge is 0.402 e. The molecule has 0 heterocycles. The Bertz CT molecular complexity index is 157. The zero-order chi connectivity index (χ0) is 11.4. The summed E-state index contributed by atoms with van der Waals surface area (Å²) in [5, 5.41) is -1.43. The summed E-state index contributed by atoms with van der Waals surface area (Å²) in [5.74, 6) is 0.952. The lowest BCUT2D eigenvalue weighted by atomic mass is 10.2. The number of halogens is 3. The maximum absolute atomic E-state index is 12.4. The van der Waals surface area contributed by atoms with E-state index in [1.165, 1.54) is 6.92 Å². The molecular formula is C9H18F3NS. The Kier molecular flexibility index (Phi) is 5.90. The van der Waals surface area contributed by atoms with E-state index in [9.17, 15) is 13.2 Å². The molecular weight excluding hydrogens is 211 g/mol. The molecule has 1 nitrogen and oxygen atoms in total. The first-order chi connectivity index (χ1) is 6.25. The van der Waals surface area contributed by atoms with Crippen molar-refractivity contribution in [2.75, 3.05) is 5.75 Å². The topological polar surface area (TPSA) is 26.0 Å². The van der Waals surface area contributed by atoms with Crippen molar-refractivity contribution < 1.29 is 13.2 Å². The van der Waals surface area contributed by atoms with Crippen molar-refractivity contribution in [3.05, 3.63) is 0 Å². The summed E-state index contributed by atoms with van der Waals surface area (Å²) in [6, 6.07) is -0.841. The molecule has 0 aliphatic carbocycles. The van der Waals surface area contributed by atoms with Gasteiger partial charge in [0.2, 0.25) is 0 Å². The van der Waals surface area contributed by atoms with Crippen molar-refractivity contribution in [2.24, 2.45) is 11.7 Å². The van der Waals surface area contributed by atoms with E-state index in [4.69, 9.17) is 5.73 Å². The Balaban J connectivity index is 4.00. The van der Waals surface area contributed by atoms with Gasteiger partial charge in [-0.1, -0.05) is 13.8 Å². The molecule has 0 bridgehead atoms. The van der Waals surface area contributed by atoms with Crippen LogP contribution < -0.4 is 5.73 Å². The Morgan fingerprint density at radius 1 is 1.21 bits per heavy atom. The maximum atomic E-state index is 12.4. The van der Waals surface area contributed by atoms with E-state index in [1.807, 2.05) is 13.8 Å². The van der Waals surface area contributed by atoms with E-state index in [0.717, 1.165) is 18.2 Å². The third-order valence-corrected chi connectivity index (χ3v) is 3.32. The molecule has 0 aromatic heterocycles. The van der Waals surface area contributed by atoms with Crippen LogP contribution in [0, 0.1) is 5.92 Å². The maximum Gasteiger partial charge on any atom is 0.402 e. The van der Waals surface area contributed by atoms with Crippen LogP contribution >= 0.6 is 11.8 Å². The highest BCUT2D eigenvalue weighted by Crippen LogP contribution is 2.32. The first kappa shape index (κ1) is 14.1. The summed E-state index contributed by atoms with van der Waals surface area (Å²) >= 11 is 0.915. The van der Waals surface area contributed by atoms with Crippen LogP contribution in [0.2, 0.25) is 0 Å². The van der Waals surface area contributed by atoms with E-state index in [0.29, 0.717) is 11.7 Å². The highest BCUT2D eigenvalue weighted by atomic mass is 32.2. The zero-order valence-electron chi connectivity index (χ0n) is 8.77. The van der Waals surface area contributed by atoms with Crippen molar-refractivity contribution in [1.82, 2.24) is 0 Å². The number of hydrogen-bond acceptors (Lipinski definition) is 2. The summed E-state index contributed by atoms with van der Waals surface area (Å²) in [5.41, 5.74) is 5.30. The molecule has 2 unspecified atom stereocenters. The molecule has 2 N–H and O–H groups in total. The summed E-state index contributed by atoms with van der Waals surface area (Å²) in [4.78, 5) is 0. The molecule has 14 heavy (non-hydrogen) atoms. The van der Waals surface area contributed by atoms with Gasteiger partial charge in [0.25, 0.3) is 0 Å². The first-order valence-electron chi connectivity index (χ1n) is 4.69. The number of alkyl halides is 3. The number of nitrogens with two attached hydrogens (primary N) is 1. The first-order valence-corrected chi connectivity index (χ1v) is 5.74. The van der Waals surface area contributed by atoms with E-state index in [2.05, 4.69) is 0 Å². The fourth-order valence-corrected chi connectivity index (χ4v) is 2.33. The Hall–Kier alpha value is 0.100. The third kappa shape index (κ3) is 5.75. The van der Waals surface area contributed by atoms with E-state index < -0.39 is 17.5 Å². The molecule has 0 spiro atoms. The van der Waals surface area contributed by atoms with Crippen LogP contribution in [0.4, 0.5) is 13.2 Å². The minimum Gasteiger partial charge on any atom is -0.327 e. The van der Waals surface area contributed by atoms with Crippen molar-refractivity contribution in [2.45, 2.75) is 44.7 Å². The van der Waals surface area contributed by atoms with Gasteiger partial charge >= 0.3 is 6.18 Å². The van der Waals surface area contributed by atoms with Gasteiger partial charge in [0.1, 0.15) is 5.25 Å². The van der Waals surface area contributed by atoms with Crippen LogP contribution in [-0.2, 0) is 0 Å². The predicted molar refractivity (Wildman–Crippen MR) is 55.4 cm³/mol. The van der Waals surface area contributed by atoms with Gasteiger partial charge < -0.3 is 5.73 Å². The molecule has 0 radical (unpaired) electrons. The molecule has 2 atom stereocenters. The lowest BCUT2D eigenvalue weighted by Gasteiger charge is -2.23. The standard InChI is InChI=1S/C9H18F3NS/c1-6(2)4-5-14-8(7(3)13)9(10,11)12/h6-8H,4-5,13H2,1-3H3. The van der Waals surface area contributed by atoms with Crippen molar-refractivity contribution in [3.8, 4) is 0 Å². The van der Waals surface area contributed by atoms with Gasteiger partial charge in [0, 0.05) is 6.04 Å². The van der Waals surface area contributed by atoms with Crippen LogP contribution in [0.1, 0.15) is 27.2 Å². The van der Waals surface area contributed by atoms with Crippen molar-refractivity contribution in [1.29, 1.82) is 0 Å². The minimum atomic E-state index is -4.18. The van der Waals surface area contributed by atoms with Crippen LogP contribution in [0.25, 0.3) is 0 Å². The fraction of sp³-hybridized carbons (Fsp3) is 1.00. The van der Waals surface area contributed by atoms with Gasteiger partial charge in [-0.2, -0.15) is 13.2 Å². The molecule has 0 aromatic carbocycles. The van der Waals surface area contributed by atoms with Gasteiger partial charge in [-0.15, -0.1) is 11.8 Å². The van der Waals surface area contributed by atoms with Crippen molar-refractivity contribution >= 4 is 11.8 Å². The molecule has 0 rings (SSSR count). The van der Waals surface area contributed by atoms with Gasteiger partial charge in [-0.05, 0) is 25.0 Å². The second kappa shape index (κ2) is 5.85. The van der Waals surface area contributed by atoms with Gasteiger partial charge in [0.15, 0.2) is 0 Å². The normalized spacial score (nSPS) is 17.1. The molecule has 86 valence electrons. The van der Waals surface area contributed by atoms with Crippen molar-refractivity contribution in [3.63, 3.8) is 0 Å². The van der Waals surface area contributed by atoms with Crippen LogP contribution in [0.15, 0.2) is 0 Å². The molecule has 0 saturated heterocycles. The molecule has 0 aromatic rings. The quantitative estimate of drug-likeness (QED) is 0.784. The molecule has 0 fully saturated rings. The Labute approximate surface area is 87.6 Å². The average molecular weight is 229 g/mol. The second-order valence-electron chi connectivity index (χ2n) is 3.87. The summed E-state index contributed by atoms with van der Waals surface area (Å²) in [7, 11) is 0. The third-order valence-electron chi connectivity index (χ3n) is 1.79. The zero-order valence-corrected chi connectivity index (χ0v) is 9.58.